The first-order chi connectivity index (χ1) is 8.02. The van der Waals surface area contributed by atoms with Crippen LogP contribution in [-0.2, 0) is 4.79 Å². The summed E-state index contributed by atoms with van der Waals surface area (Å²) in [6.45, 7) is 4.88. The van der Waals surface area contributed by atoms with E-state index in [0.717, 1.165) is 33.6 Å². The van der Waals surface area contributed by atoms with Crippen molar-refractivity contribution in [2.45, 2.75) is 20.3 Å². The van der Waals surface area contributed by atoms with Gasteiger partial charge in [0.05, 0.1) is 0 Å². The zero-order chi connectivity index (χ0) is 12.6. The van der Waals surface area contributed by atoms with Gasteiger partial charge in [-0.05, 0) is 48.8 Å². The number of halogens is 1. The summed E-state index contributed by atoms with van der Waals surface area (Å²) in [5, 5.41) is 0. The Morgan fingerprint density at radius 1 is 1.41 bits per heavy atom. The third-order valence-electron chi connectivity index (χ3n) is 3.23. The Labute approximate surface area is 116 Å². The van der Waals surface area contributed by atoms with Crippen molar-refractivity contribution in [3.63, 3.8) is 0 Å². The van der Waals surface area contributed by atoms with Crippen LogP contribution in [-0.4, -0.2) is 18.2 Å². The van der Waals surface area contributed by atoms with Gasteiger partial charge in [-0.15, -0.1) is 0 Å². The van der Waals surface area contributed by atoms with Crippen molar-refractivity contribution in [3.05, 3.63) is 27.7 Å². The molecule has 1 aromatic rings. The highest BCUT2D eigenvalue weighted by molar-refractivity contribution is 9.10. The van der Waals surface area contributed by atoms with E-state index in [1.54, 1.807) is 0 Å². The van der Waals surface area contributed by atoms with Gasteiger partial charge in [0.2, 0.25) is 5.91 Å². The summed E-state index contributed by atoms with van der Waals surface area (Å²) in [5.74, 6) is 1.37. The van der Waals surface area contributed by atoms with Gasteiger partial charge in [0.25, 0.3) is 0 Å². The molecule has 4 heteroatoms. The van der Waals surface area contributed by atoms with Crippen LogP contribution in [0.1, 0.15) is 17.5 Å². The van der Waals surface area contributed by atoms with Gasteiger partial charge in [-0.2, -0.15) is 12.6 Å². The smallest absolute Gasteiger partial charge is 0.227 e. The third kappa shape index (κ3) is 2.52. The highest BCUT2D eigenvalue weighted by Gasteiger charge is 2.30. The monoisotopic (exact) mass is 313 g/mol. The molecule has 1 atom stereocenters. The lowest BCUT2D eigenvalue weighted by molar-refractivity contribution is -0.117. The Bertz CT molecular complexity index is 461. The van der Waals surface area contributed by atoms with E-state index < -0.39 is 0 Å². The molecule has 1 aliphatic heterocycles. The Hall–Kier alpha value is -0.480. The van der Waals surface area contributed by atoms with Crippen LogP contribution in [0.5, 0.6) is 0 Å². The zero-order valence-corrected chi connectivity index (χ0v) is 12.5. The molecule has 17 heavy (non-hydrogen) atoms. The molecule has 0 saturated carbocycles. The molecule has 1 aromatic carbocycles. The van der Waals surface area contributed by atoms with Crippen LogP contribution in [0.15, 0.2) is 16.6 Å². The van der Waals surface area contributed by atoms with Crippen molar-refractivity contribution in [2.24, 2.45) is 5.92 Å². The van der Waals surface area contributed by atoms with Gasteiger partial charge in [0.15, 0.2) is 0 Å². The van der Waals surface area contributed by atoms with E-state index in [1.165, 1.54) is 0 Å². The van der Waals surface area contributed by atoms with Gasteiger partial charge in [0.1, 0.15) is 0 Å². The number of carbonyl (C=O) groups excluding carboxylic acids is 1. The van der Waals surface area contributed by atoms with Gasteiger partial charge < -0.3 is 4.90 Å². The van der Waals surface area contributed by atoms with E-state index in [4.69, 9.17) is 0 Å². The molecule has 0 radical (unpaired) electrons. The second-order valence-corrected chi connectivity index (χ2v) is 5.86. The number of nitrogens with zero attached hydrogens (tertiary/aromatic N) is 1. The minimum absolute atomic E-state index is 0.217. The first-order valence-electron chi connectivity index (χ1n) is 5.71. The predicted octanol–water partition coefficient (Wildman–Crippen LogP) is 3.35. The second kappa shape index (κ2) is 5.02. The Morgan fingerprint density at radius 3 is 2.71 bits per heavy atom. The van der Waals surface area contributed by atoms with Crippen molar-refractivity contribution in [2.75, 3.05) is 17.2 Å². The number of thiol groups is 1. The third-order valence-corrected chi connectivity index (χ3v) is 4.60. The summed E-state index contributed by atoms with van der Waals surface area (Å²) < 4.78 is 1.09. The molecule has 1 saturated heterocycles. The molecule has 1 fully saturated rings. The zero-order valence-electron chi connectivity index (χ0n) is 10.0. The average molecular weight is 314 g/mol. The first-order valence-corrected chi connectivity index (χ1v) is 7.13. The van der Waals surface area contributed by atoms with E-state index >= 15 is 0 Å². The van der Waals surface area contributed by atoms with Gasteiger partial charge in [-0.1, -0.05) is 15.9 Å². The van der Waals surface area contributed by atoms with Crippen LogP contribution in [0.2, 0.25) is 0 Å². The Morgan fingerprint density at radius 2 is 2.12 bits per heavy atom. The molecule has 0 aliphatic carbocycles. The maximum atomic E-state index is 12.0. The molecular formula is C13H16BrNOS. The molecule has 1 amide bonds. The number of carbonyl (C=O) groups is 1. The standard InChI is InChI=1S/C13H16BrNOS/c1-8-4-12(9(2)3-11(8)14)15-6-10(7-17)5-13(15)16/h3-4,10,17H,5-7H2,1-2H3. The molecule has 0 N–H and O–H groups in total. The number of benzene rings is 1. The highest BCUT2D eigenvalue weighted by Crippen LogP contribution is 2.31. The van der Waals surface area contributed by atoms with Gasteiger partial charge in [-0.3, -0.25) is 4.79 Å². The lowest BCUT2D eigenvalue weighted by Gasteiger charge is -2.20. The SMILES string of the molecule is Cc1cc(N2CC(CS)CC2=O)c(C)cc1Br. The van der Waals surface area contributed by atoms with E-state index in [2.05, 4.69) is 40.7 Å². The Balaban J connectivity index is 2.35. The fourth-order valence-electron chi connectivity index (χ4n) is 2.19. The van der Waals surface area contributed by atoms with Gasteiger partial charge in [-0.25, -0.2) is 0 Å². The van der Waals surface area contributed by atoms with Crippen molar-refractivity contribution >= 4 is 40.2 Å². The number of anilines is 1. The largest absolute Gasteiger partial charge is 0.312 e. The summed E-state index contributed by atoms with van der Waals surface area (Å²) in [4.78, 5) is 13.9. The molecule has 0 bridgehead atoms. The highest BCUT2D eigenvalue weighted by atomic mass is 79.9. The van der Waals surface area contributed by atoms with Crippen LogP contribution < -0.4 is 4.90 Å². The van der Waals surface area contributed by atoms with Crippen LogP contribution in [0, 0.1) is 19.8 Å². The van der Waals surface area contributed by atoms with Crippen molar-refractivity contribution in [3.8, 4) is 0 Å². The van der Waals surface area contributed by atoms with Crippen molar-refractivity contribution in [1.29, 1.82) is 0 Å². The fourth-order valence-corrected chi connectivity index (χ4v) is 2.90. The first kappa shape index (κ1) is 13.0. The molecule has 0 aromatic heterocycles. The summed E-state index contributed by atoms with van der Waals surface area (Å²) >= 11 is 7.80. The summed E-state index contributed by atoms with van der Waals surface area (Å²) in [5.41, 5.74) is 3.34. The maximum absolute atomic E-state index is 12.0. The lowest BCUT2D eigenvalue weighted by atomic mass is 10.1. The minimum Gasteiger partial charge on any atom is -0.312 e. The van der Waals surface area contributed by atoms with Gasteiger partial charge >= 0.3 is 0 Å². The Kier molecular flexibility index (Phi) is 3.83. The van der Waals surface area contributed by atoms with Crippen molar-refractivity contribution < 1.29 is 4.79 Å². The van der Waals surface area contributed by atoms with Gasteiger partial charge in [0, 0.05) is 23.1 Å². The average Bonchev–Trinajstić information content (AvgIpc) is 2.65. The number of rotatable bonds is 2. The molecule has 1 unspecified atom stereocenters. The predicted molar refractivity (Wildman–Crippen MR) is 77.9 cm³/mol. The molecule has 0 spiro atoms. The summed E-state index contributed by atoms with van der Waals surface area (Å²) in [6, 6.07) is 4.16. The van der Waals surface area contributed by atoms with Crippen LogP contribution >= 0.6 is 28.6 Å². The van der Waals surface area contributed by atoms with E-state index in [1.807, 2.05) is 18.7 Å². The normalized spacial score (nSPS) is 20.1. The lowest BCUT2D eigenvalue weighted by Crippen LogP contribution is -2.25. The quantitative estimate of drug-likeness (QED) is 0.830. The summed E-state index contributed by atoms with van der Waals surface area (Å²) in [7, 11) is 0. The number of hydrogen-bond acceptors (Lipinski definition) is 2. The topological polar surface area (TPSA) is 20.3 Å². The molecule has 1 aliphatic rings. The summed E-state index contributed by atoms with van der Waals surface area (Å²) in [6.07, 6.45) is 0.623. The fraction of sp³-hybridized carbons (Fsp3) is 0.462. The van der Waals surface area contributed by atoms with Crippen molar-refractivity contribution in [1.82, 2.24) is 0 Å². The van der Waals surface area contributed by atoms with Crippen LogP contribution in [0.3, 0.4) is 0 Å². The number of amides is 1. The van der Waals surface area contributed by atoms with Crippen LogP contribution in [0.4, 0.5) is 5.69 Å². The molecular weight excluding hydrogens is 298 g/mol. The maximum Gasteiger partial charge on any atom is 0.227 e. The molecule has 2 rings (SSSR count). The molecule has 1 heterocycles. The second-order valence-electron chi connectivity index (χ2n) is 4.64. The molecule has 2 nitrogen and oxygen atoms in total. The van der Waals surface area contributed by atoms with E-state index in [9.17, 15) is 4.79 Å². The number of hydrogen-bond donors (Lipinski definition) is 1. The number of aryl methyl sites for hydroxylation is 2. The minimum atomic E-state index is 0.217. The van der Waals surface area contributed by atoms with E-state index in [-0.39, 0.29) is 5.91 Å². The molecule has 92 valence electrons. The van der Waals surface area contributed by atoms with E-state index in [0.29, 0.717) is 12.3 Å². The van der Waals surface area contributed by atoms with Crippen LogP contribution in [0.25, 0.3) is 0 Å².